The highest BCUT2D eigenvalue weighted by molar-refractivity contribution is 9.10. The minimum absolute atomic E-state index is 0.0132. The SMILES string of the molecule is Cc1cc(N2CCC(CC(=O)O)CC2=O)ccc1Br. The van der Waals surface area contributed by atoms with Crippen LogP contribution in [0.15, 0.2) is 22.7 Å². The van der Waals surface area contributed by atoms with E-state index in [1.54, 1.807) is 4.90 Å². The zero-order valence-electron chi connectivity index (χ0n) is 10.7. The van der Waals surface area contributed by atoms with E-state index in [4.69, 9.17) is 5.11 Å². The molecular weight excluding hydrogens is 310 g/mol. The standard InChI is InChI=1S/C14H16BrNO3/c1-9-6-11(2-3-12(9)15)16-5-4-10(7-13(16)17)8-14(18)19/h2-3,6,10H,4-5,7-8H2,1H3,(H,18,19). The summed E-state index contributed by atoms with van der Waals surface area (Å²) in [6.45, 7) is 2.58. The van der Waals surface area contributed by atoms with Crippen molar-refractivity contribution >= 4 is 33.5 Å². The third kappa shape index (κ3) is 3.35. The molecule has 1 aromatic rings. The molecule has 0 bridgehead atoms. The quantitative estimate of drug-likeness (QED) is 0.929. The van der Waals surface area contributed by atoms with E-state index in [1.807, 2.05) is 25.1 Å². The van der Waals surface area contributed by atoms with Crippen LogP contribution in [0.3, 0.4) is 0 Å². The van der Waals surface area contributed by atoms with Crippen molar-refractivity contribution in [3.8, 4) is 0 Å². The number of aryl methyl sites for hydroxylation is 1. The summed E-state index contributed by atoms with van der Waals surface area (Å²) in [6.07, 6.45) is 1.15. The van der Waals surface area contributed by atoms with Gasteiger partial charge in [-0.25, -0.2) is 0 Å². The number of carbonyl (C=O) groups is 2. The predicted octanol–water partition coefficient (Wildman–Crippen LogP) is 2.98. The summed E-state index contributed by atoms with van der Waals surface area (Å²) in [5, 5.41) is 8.77. The van der Waals surface area contributed by atoms with Crippen molar-refractivity contribution in [1.29, 1.82) is 0 Å². The summed E-state index contributed by atoms with van der Waals surface area (Å²) >= 11 is 3.44. The van der Waals surface area contributed by atoms with Gasteiger partial charge in [-0.05, 0) is 43.0 Å². The first-order chi connectivity index (χ1) is 8.97. The first-order valence-corrected chi connectivity index (χ1v) is 7.05. The van der Waals surface area contributed by atoms with Gasteiger partial charge in [0.05, 0.1) is 0 Å². The van der Waals surface area contributed by atoms with Crippen molar-refractivity contribution in [3.63, 3.8) is 0 Å². The van der Waals surface area contributed by atoms with Gasteiger partial charge in [-0.15, -0.1) is 0 Å². The van der Waals surface area contributed by atoms with Crippen molar-refractivity contribution < 1.29 is 14.7 Å². The molecule has 102 valence electrons. The highest BCUT2D eigenvalue weighted by atomic mass is 79.9. The maximum atomic E-state index is 12.1. The Morgan fingerprint density at radius 2 is 2.26 bits per heavy atom. The lowest BCUT2D eigenvalue weighted by Gasteiger charge is -2.31. The van der Waals surface area contributed by atoms with Crippen molar-refractivity contribution in [2.45, 2.75) is 26.2 Å². The number of anilines is 1. The molecule has 0 aromatic heterocycles. The molecule has 1 aromatic carbocycles. The van der Waals surface area contributed by atoms with Gasteiger partial charge < -0.3 is 10.0 Å². The van der Waals surface area contributed by atoms with E-state index < -0.39 is 5.97 Å². The third-order valence-corrected chi connectivity index (χ3v) is 4.33. The van der Waals surface area contributed by atoms with Crippen LogP contribution in [-0.4, -0.2) is 23.5 Å². The average molecular weight is 326 g/mol. The van der Waals surface area contributed by atoms with Crippen LogP contribution in [-0.2, 0) is 9.59 Å². The zero-order chi connectivity index (χ0) is 14.0. The lowest BCUT2D eigenvalue weighted by Crippen LogP contribution is -2.39. The molecule has 1 heterocycles. The summed E-state index contributed by atoms with van der Waals surface area (Å²) in [4.78, 5) is 24.5. The van der Waals surface area contributed by atoms with Crippen molar-refractivity contribution in [2.75, 3.05) is 11.4 Å². The van der Waals surface area contributed by atoms with Crippen LogP contribution in [0.1, 0.15) is 24.8 Å². The monoisotopic (exact) mass is 325 g/mol. The van der Waals surface area contributed by atoms with Gasteiger partial charge in [0, 0.05) is 29.5 Å². The normalized spacial score (nSPS) is 19.6. The highest BCUT2D eigenvalue weighted by Crippen LogP contribution is 2.28. The number of halogens is 1. The number of hydrogen-bond acceptors (Lipinski definition) is 2. The molecule has 5 heteroatoms. The number of carboxylic acids is 1. The Morgan fingerprint density at radius 3 is 2.84 bits per heavy atom. The molecule has 1 aliphatic heterocycles. The lowest BCUT2D eigenvalue weighted by atomic mass is 9.92. The molecule has 1 N–H and O–H groups in total. The van der Waals surface area contributed by atoms with Gasteiger partial charge in [-0.2, -0.15) is 0 Å². The van der Waals surface area contributed by atoms with E-state index in [0.29, 0.717) is 13.0 Å². The number of aliphatic carboxylic acids is 1. The Morgan fingerprint density at radius 1 is 1.53 bits per heavy atom. The Kier molecular flexibility index (Phi) is 4.24. The van der Waals surface area contributed by atoms with E-state index >= 15 is 0 Å². The maximum Gasteiger partial charge on any atom is 0.303 e. The van der Waals surface area contributed by atoms with Crippen LogP contribution in [0.5, 0.6) is 0 Å². The Hall–Kier alpha value is -1.36. The fourth-order valence-corrected chi connectivity index (χ4v) is 2.63. The summed E-state index contributed by atoms with van der Waals surface area (Å²) < 4.78 is 1.02. The first-order valence-electron chi connectivity index (χ1n) is 6.25. The van der Waals surface area contributed by atoms with Gasteiger partial charge in [0.25, 0.3) is 0 Å². The van der Waals surface area contributed by atoms with Gasteiger partial charge >= 0.3 is 5.97 Å². The fourth-order valence-electron chi connectivity index (χ4n) is 2.39. The largest absolute Gasteiger partial charge is 0.481 e. The van der Waals surface area contributed by atoms with Crippen molar-refractivity contribution in [3.05, 3.63) is 28.2 Å². The molecule has 1 atom stereocenters. The van der Waals surface area contributed by atoms with Crippen LogP contribution < -0.4 is 4.90 Å². The maximum absolute atomic E-state index is 12.1. The van der Waals surface area contributed by atoms with E-state index in [-0.39, 0.29) is 18.2 Å². The molecule has 0 aliphatic carbocycles. The minimum atomic E-state index is -0.828. The molecule has 4 nitrogen and oxygen atoms in total. The van der Waals surface area contributed by atoms with Gasteiger partial charge in [-0.3, -0.25) is 9.59 Å². The number of carboxylic acid groups (broad SMARTS) is 1. The predicted molar refractivity (Wildman–Crippen MR) is 76.2 cm³/mol. The van der Waals surface area contributed by atoms with Gasteiger partial charge in [0.15, 0.2) is 0 Å². The third-order valence-electron chi connectivity index (χ3n) is 3.44. The van der Waals surface area contributed by atoms with E-state index in [0.717, 1.165) is 22.1 Å². The second kappa shape index (κ2) is 5.74. The summed E-state index contributed by atoms with van der Waals surface area (Å²) in [7, 11) is 0. The molecule has 0 spiro atoms. The lowest BCUT2D eigenvalue weighted by molar-refractivity contribution is -0.138. The van der Waals surface area contributed by atoms with Gasteiger partial charge in [0.1, 0.15) is 0 Å². The van der Waals surface area contributed by atoms with Crippen molar-refractivity contribution in [2.24, 2.45) is 5.92 Å². The van der Waals surface area contributed by atoms with Crippen LogP contribution in [0.2, 0.25) is 0 Å². The van der Waals surface area contributed by atoms with Crippen LogP contribution in [0, 0.1) is 12.8 Å². The zero-order valence-corrected chi connectivity index (χ0v) is 12.3. The molecular formula is C14H16BrNO3. The number of carbonyl (C=O) groups excluding carboxylic acids is 1. The molecule has 1 aliphatic rings. The smallest absolute Gasteiger partial charge is 0.303 e. The molecule has 0 radical (unpaired) electrons. The van der Waals surface area contributed by atoms with Crippen LogP contribution in [0.4, 0.5) is 5.69 Å². The molecule has 1 unspecified atom stereocenters. The van der Waals surface area contributed by atoms with Crippen LogP contribution >= 0.6 is 15.9 Å². The molecule has 19 heavy (non-hydrogen) atoms. The molecule has 2 rings (SSSR count). The number of piperidine rings is 1. The molecule has 0 saturated carbocycles. The average Bonchev–Trinajstić information content (AvgIpc) is 2.32. The number of nitrogens with zero attached hydrogens (tertiary/aromatic N) is 1. The fraction of sp³-hybridized carbons (Fsp3) is 0.429. The summed E-state index contributed by atoms with van der Waals surface area (Å²) in [5.41, 5.74) is 1.97. The second-order valence-corrected chi connectivity index (χ2v) is 5.79. The first kappa shape index (κ1) is 14.1. The van der Waals surface area contributed by atoms with Gasteiger partial charge in [-0.1, -0.05) is 15.9 Å². The molecule has 1 saturated heterocycles. The van der Waals surface area contributed by atoms with Crippen LogP contribution in [0.25, 0.3) is 0 Å². The summed E-state index contributed by atoms with van der Waals surface area (Å²) in [5.74, 6) is -0.845. The summed E-state index contributed by atoms with van der Waals surface area (Å²) in [6, 6.07) is 5.81. The van der Waals surface area contributed by atoms with Crippen molar-refractivity contribution in [1.82, 2.24) is 0 Å². The number of hydrogen-bond donors (Lipinski definition) is 1. The number of amides is 1. The Bertz CT molecular complexity index is 515. The minimum Gasteiger partial charge on any atom is -0.481 e. The highest BCUT2D eigenvalue weighted by Gasteiger charge is 2.28. The number of benzene rings is 1. The molecule has 1 fully saturated rings. The Labute approximate surface area is 120 Å². The van der Waals surface area contributed by atoms with Gasteiger partial charge in [0.2, 0.25) is 5.91 Å². The molecule has 1 amide bonds. The number of rotatable bonds is 3. The topological polar surface area (TPSA) is 57.6 Å². The Balaban J connectivity index is 2.09. The van der Waals surface area contributed by atoms with E-state index in [2.05, 4.69) is 15.9 Å². The van der Waals surface area contributed by atoms with E-state index in [9.17, 15) is 9.59 Å². The second-order valence-electron chi connectivity index (χ2n) is 4.94. The van der Waals surface area contributed by atoms with E-state index in [1.165, 1.54) is 0 Å².